The molecule has 0 bridgehead atoms. The molecule has 0 unspecified atom stereocenters. The fraction of sp³-hybridized carbons (Fsp3) is 0.273. The van der Waals surface area contributed by atoms with Gasteiger partial charge in [0.25, 0.3) is 11.8 Å². The van der Waals surface area contributed by atoms with E-state index >= 15 is 0 Å². The van der Waals surface area contributed by atoms with E-state index in [1.54, 1.807) is 0 Å². The first-order chi connectivity index (χ1) is 16.9. The Bertz CT molecular complexity index is 1270. The van der Waals surface area contributed by atoms with Crippen molar-refractivity contribution in [3.63, 3.8) is 0 Å². The molecule has 1 N–H and O–H groups in total. The Morgan fingerprint density at radius 3 is 2.00 bits per heavy atom. The SMILES string of the molecule is O=C(NCC(F)(F)c1ccc(-c2cnn(CC(F)(F)F)c2)cc1C(F)(F)F)c1ccccc1C(F)(F)F. The summed E-state index contributed by atoms with van der Waals surface area (Å²) in [6.07, 6.45) is -13.4. The highest BCUT2D eigenvalue weighted by atomic mass is 19.4. The topological polar surface area (TPSA) is 46.9 Å². The molecule has 3 rings (SSSR count). The largest absolute Gasteiger partial charge is 0.417 e. The molecule has 0 radical (unpaired) electrons. The zero-order valence-electron chi connectivity index (χ0n) is 18.1. The number of carbonyl (C=O) groups excluding carboxylic acids is 1. The average Bonchev–Trinajstić information content (AvgIpc) is 3.22. The normalized spacial score (nSPS) is 13.1. The number of hydrogen-bond donors (Lipinski definition) is 1. The summed E-state index contributed by atoms with van der Waals surface area (Å²) in [5.74, 6) is -5.98. The monoisotopic (exact) mass is 545 g/mol. The van der Waals surface area contributed by atoms with Gasteiger partial charge in [0.05, 0.1) is 29.4 Å². The van der Waals surface area contributed by atoms with Crippen LogP contribution in [0.25, 0.3) is 11.1 Å². The lowest BCUT2D eigenvalue weighted by atomic mass is 9.96. The number of hydrogen-bond acceptors (Lipinski definition) is 2. The van der Waals surface area contributed by atoms with Gasteiger partial charge < -0.3 is 5.32 Å². The van der Waals surface area contributed by atoms with Crippen LogP contribution in [-0.2, 0) is 24.8 Å². The number of alkyl halides is 11. The number of aromatic nitrogens is 2. The molecule has 2 aromatic carbocycles. The minimum atomic E-state index is -5.36. The van der Waals surface area contributed by atoms with Crippen molar-refractivity contribution in [2.45, 2.75) is 31.0 Å². The maximum atomic E-state index is 14.8. The quantitative estimate of drug-likeness (QED) is 0.352. The molecule has 37 heavy (non-hydrogen) atoms. The lowest BCUT2D eigenvalue weighted by Gasteiger charge is -2.23. The minimum Gasteiger partial charge on any atom is -0.346 e. The second kappa shape index (κ2) is 9.67. The number of nitrogens with zero attached hydrogens (tertiary/aromatic N) is 2. The molecular formula is C22H14F11N3O. The molecule has 1 amide bonds. The molecule has 0 spiro atoms. The van der Waals surface area contributed by atoms with Gasteiger partial charge in [0.15, 0.2) is 0 Å². The summed E-state index contributed by atoms with van der Waals surface area (Å²) in [6, 6.07) is 4.68. The van der Waals surface area contributed by atoms with Gasteiger partial charge in [0.1, 0.15) is 6.54 Å². The molecule has 0 aliphatic carbocycles. The Morgan fingerprint density at radius 2 is 1.41 bits per heavy atom. The van der Waals surface area contributed by atoms with Crippen molar-refractivity contribution in [3.8, 4) is 11.1 Å². The number of halogens is 11. The van der Waals surface area contributed by atoms with Crippen molar-refractivity contribution >= 4 is 5.91 Å². The lowest BCUT2D eigenvalue weighted by Crippen LogP contribution is -2.37. The fourth-order valence-electron chi connectivity index (χ4n) is 3.37. The van der Waals surface area contributed by atoms with Crippen LogP contribution >= 0.6 is 0 Å². The van der Waals surface area contributed by atoms with Gasteiger partial charge in [-0.05, 0) is 23.8 Å². The minimum absolute atomic E-state index is 0.221. The predicted octanol–water partition coefficient (Wildman–Crippen LogP) is 6.67. The van der Waals surface area contributed by atoms with Crippen molar-refractivity contribution in [1.82, 2.24) is 15.1 Å². The fourth-order valence-corrected chi connectivity index (χ4v) is 3.37. The number of benzene rings is 2. The van der Waals surface area contributed by atoms with Gasteiger partial charge in [-0.3, -0.25) is 9.48 Å². The van der Waals surface area contributed by atoms with Crippen molar-refractivity contribution in [1.29, 1.82) is 0 Å². The Labute approximate surface area is 200 Å². The summed E-state index contributed by atoms with van der Waals surface area (Å²) in [6.45, 7) is -3.31. The average molecular weight is 545 g/mol. The van der Waals surface area contributed by atoms with Crippen LogP contribution in [0.1, 0.15) is 27.0 Å². The van der Waals surface area contributed by atoms with Crippen molar-refractivity contribution in [2.75, 3.05) is 6.54 Å². The zero-order chi connectivity index (χ0) is 27.8. The molecular weight excluding hydrogens is 531 g/mol. The van der Waals surface area contributed by atoms with Gasteiger partial charge in [0, 0.05) is 17.3 Å². The lowest BCUT2D eigenvalue weighted by molar-refractivity contribution is -0.143. The highest BCUT2D eigenvalue weighted by Gasteiger charge is 2.43. The third-order valence-electron chi connectivity index (χ3n) is 4.97. The van der Waals surface area contributed by atoms with Gasteiger partial charge in [-0.2, -0.15) is 53.4 Å². The summed E-state index contributed by atoms with van der Waals surface area (Å²) in [5.41, 5.74) is -6.49. The molecule has 0 fully saturated rings. The summed E-state index contributed by atoms with van der Waals surface area (Å²) < 4.78 is 148. The summed E-state index contributed by atoms with van der Waals surface area (Å²) >= 11 is 0. The second-order valence-corrected chi connectivity index (χ2v) is 7.73. The van der Waals surface area contributed by atoms with E-state index in [1.807, 2.05) is 0 Å². The summed E-state index contributed by atoms with van der Waals surface area (Å²) in [5, 5.41) is 4.91. The maximum absolute atomic E-state index is 14.8. The zero-order valence-corrected chi connectivity index (χ0v) is 18.1. The first kappa shape index (κ1) is 27.9. The number of carbonyl (C=O) groups is 1. The van der Waals surface area contributed by atoms with Crippen LogP contribution in [0.15, 0.2) is 54.9 Å². The smallest absolute Gasteiger partial charge is 0.346 e. The first-order valence-corrected chi connectivity index (χ1v) is 10.0. The molecule has 0 atom stereocenters. The van der Waals surface area contributed by atoms with Crippen LogP contribution < -0.4 is 5.32 Å². The van der Waals surface area contributed by atoms with E-state index in [9.17, 15) is 53.1 Å². The highest BCUT2D eigenvalue weighted by molar-refractivity contribution is 5.95. The number of nitrogens with one attached hydrogen (secondary N) is 1. The van der Waals surface area contributed by atoms with E-state index < -0.39 is 65.7 Å². The molecule has 0 aliphatic heterocycles. The summed E-state index contributed by atoms with van der Waals surface area (Å²) in [4.78, 5) is 12.2. The standard InChI is InChI=1S/C22H14F11N3O/c23-19(24,10-34-18(37)14-3-1-2-4-15(14)21(28,29)30)16-6-5-12(7-17(16)22(31,32)33)13-8-35-36(9-13)11-20(25,26)27/h1-9H,10-11H2,(H,34,37). The number of rotatable bonds is 6. The van der Waals surface area contributed by atoms with Crippen LogP contribution in [0.2, 0.25) is 0 Å². The van der Waals surface area contributed by atoms with Crippen LogP contribution in [0, 0.1) is 0 Å². The van der Waals surface area contributed by atoms with Gasteiger partial charge in [-0.25, -0.2) is 0 Å². The van der Waals surface area contributed by atoms with E-state index in [0.29, 0.717) is 22.9 Å². The Balaban J connectivity index is 1.89. The van der Waals surface area contributed by atoms with E-state index in [4.69, 9.17) is 0 Å². The molecule has 15 heteroatoms. The maximum Gasteiger partial charge on any atom is 0.417 e. The Hall–Kier alpha value is -3.65. The van der Waals surface area contributed by atoms with E-state index in [1.165, 1.54) is 5.32 Å². The van der Waals surface area contributed by atoms with E-state index in [-0.39, 0.29) is 17.2 Å². The Morgan fingerprint density at radius 1 is 0.784 bits per heavy atom. The van der Waals surface area contributed by atoms with E-state index in [0.717, 1.165) is 30.6 Å². The Kier molecular flexibility index (Phi) is 7.30. The van der Waals surface area contributed by atoms with Crippen molar-refractivity contribution in [3.05, 3.63) is 77.1 Å². The summed E-state index contributed by atoms with van der Waals surface area (Å²) in [7, 11) is 0. The number of amides is 1. The molecule has 4 nitrogen and oxygen atoms in total. The predicted molar refractivity (Wildman–Crippen MR) is 106 cm³/mol. The van der Waals surface area contributed by atoms with Crippen LogP contribution in [0.3, 0.4) is 0 Å². The molecule has 0 saturated heterocycles. The van der Waals surface area contributed by atoms with Crippen LogP contribution in [-0.4, -0.2) is 28.4 Å². The third kappa shape index (κ3) is 6.77. The van der Waals surface area contributed by atoms with Gasteiger partial charge >= 0.3 is 18.5 Å². The molecule has 1 heterocycles. The van der Waals surface area contributed by atoms with Gasteiger partial charge in [-0.1, -0.05) is 24.3 Å². The molecule has 1 aromatic heterocycles. The second-order valence-electron chi connectivity index (χ2n) is 7.73. The molecule has 200 valence electrons. The van der Waals surface area contributed by atoms with Crippen LogP contribution in [0.5, 0.6) is 0 Å². The first-order valence-electron chi connectivity index (χ1n) is 10.0. The van der Waals surface area contributed by atoms with Gasteiger partial charge in [0.2, 0.25) is 0 Å². The van der Waals surface area contributed by atoms with E-state index in [2.05, 4.69) is 5.10 Å². The molecule has 0 saturated carbocycles. The third-order valence-corrected chi connectivity index (χ3v) is 4.97. The van der Waals surface area contributed by atoms with Crippen molar-refractivity contribution in [2.24, 2.45) is 0 Å². The molecule has 0 aliphatic rings. The highest BCUT2D eigenvalue weighted by Crippen LogP contribution is 2.41. The van der Waals surface area contributed by atoms with Crippen molar-refractivity contribution < 1.29 is 53.1 Å². The van der Waals surface area contributed by atoms with Gasteiger partial charge in [-0.15, -0.1) is 0 Å². The molecule has 3 aromatic rings. The van der Waals surface area contributed by atoms with Crippen LogP contribution in [0.4, 0.5) is 48.3 Å².